The number of benzene rings is 2. The van der Waals surface area contributed by atoms with Gasteiger partial charge >= 0.3 is 0 Å². The Bertz CT molecular complexity index is 1110. The number of tetrazole rings is 1. The number of pyridine rings is 1. The molecule has 0 spiro atoms. The standard InChI is InChI=1S/C21H19ClN6/c1-13-12-19(20(22)14(2)23-13)28(3)16-10-8-15(9-11-16)17-6-4-5-7-18(17)21-24-26-27-25-21/h4-12H,1-3H3,(H,24,25,26,27). The van der Waals surface area contributed by atoms with Gasteiger partial charge in [0.2, 0.25) is 5.82 Å². The van der Waals surface area contributed by atoms with Gasteiger partial charge in [-0.05, 0) is 48.4 Å². The highest BCUT2D eigenvalue weighted by atomic mass is 35.5. The highest BCUT2D eigenvalue weighted by Gasteiger charge is 2.14. The topological polar surface area (TPSA) is 70.6 Å². The first-order valence-corrected chi connectivity index (χ1v) is 9.23. The Hall–Kier alpha value is -3.25. The fourth-order valence-electron chi connectivity index (χ4n) is 3.25. The van der Waals surface area contributed by atoms with Gasteiger partial charge in [0, 0.05) is 24.0 Å². The number of H-pyrrole nitrogens is 1. The molecule has 1 N–H and O–H groups in total. The van der Waals surface area contributed by atoms with Crippen molar-refractivity contribution in [1.82, 2.24) is 25.6 Å². The van der Waals surface area contributed by atoms with Crippen molar-refractivity contribution < 1.29 is 0 Å². The first-order valence-electron chi connectivity index (χ1n) is 8.85. The van der Waals surface area contributed by atoms with Crippen molar-refractivity contribution in [3.63, 3.8) is 0 Å². The summed E-state index contributed by atoms with van der Waals surface area (Å²) >= 11 is 6.49. The van der Waals surface area contributed by atoms with Gasteiger partial charge in [-0.2, -0.15) is 5.21 Å². The van der Waals surface area contributed by atoms with E-state index in [-0.39, 0.29) is 0 Å². The minimum Gasteiger partial charge on any atom is -0.343 e. The van der Waals surface area contributed by atoms with Crippen LogP contribution in [0.5, 0.6) is 0 Å². The fraction of sp³-hybridized carbons (Fsp3) is 0.143. The summed E-state index contributed by atoms with van der Waals surface area (Å²) in [4.78, 5) is 6.49. The molecule has 2 aromatic carbocycles. The lowest BCUT2D eigenvalue weighted by atomic mass is 9.99. The first kappa shape index (κ1) is 18.1. The molecule has 2 aromatic heterocycles. The maximum atomic E-state index is 6.49. The Morgan fingerprint density at radius 2 is 1.68 bits per heavy atom. The van der Waals surface area contributed by atoms with E-state index in [1.165, 1.54) is 0 Å². The van der Waals surface area contributed by atoms with Crippen LogP contribution in [0.4, 0.5) is 11.4 Å². The minimum atomic E-state index is 0.575. The van der Waals surface area contributed by atoms with E-state index in [0.717, 1.165) is 39.5 Å². The van der Waals surface area contributed by atoms with Crippen LogP contribution >= 0.6 is 11.6 Å². The third-order valence-electron chi connectivity index (χ3n) is 4.67. The van der Waals surface area contributed by atoms with Gasteiger partial charge in [0.1, 0.15) is 0 Å². The Morgan fingerprint density at radius 1 is 0.964 bits per heavy atom. The molecule has 0 atom stereocenters. The number of aromatic amines is 1. The molecule has 0 radical (unpaired) electrons. The molecule has 28 heavy (non-hydrogen) atoms. The van der Waals surface area contributed by atoms with Gasteiger partial charge in [0.05, 0.1) is 16.4 Å². The van der Waals surface area contributed by atoms with Crippen molar-refractivity contribution >= 4 is 23.0 Å². The molecule has 4 rings (SSSR count). The minimum absolute atomic E-state index is 0.575. The zero-order valence-electron chi connectivity index (χ0n) is 15.8. The van der Waals surface area contributed by atoms with Crippen LogP contribution in [-0.2, 0) is 0 Å². The summed E-state index contributed by atoms with van der Waals surface area (Å²) in [5, 5.41) is 15.1. The number of aromatic nitrogens is 5. The fourth-order valence-corrected chi connectivity index (χ4v) is 3.47. The molecule has 0 aliphatic rings. The lowest BCUT2D eigenvalue weighted by Crippen LogP contribution is -2.11. The first-order chi connectivity index (χ1) is 13.5. The van der Waals surface area contributed by atoms with Gasteiger partial charge < -0.3 is 4.90 Å². The number of aryl methyl sites for hydroxylation is 2. The van der Waals surface area contributed by atoms with Crippen molar-refractivity contribution in [2.75, 3.05) is 11.9 Å². The summed E-state index contributed by atoms with van der Waals surface area (Å²) in [6.45, 7) is 3.89. The van der Waals surface area contributed by atoms with Crippen LogP contribution in [0.15, 0.2) is 54.6 Å². The lowest BCUT2D eigenvalue weighted by molar-refractivity contribution is 0.881. The van der Waals surface area contributed by atoms with Gasteiger partial charge in [0.25, 0.3) is 0 Å². The van der Waals surface area contributed by atoms with Gasteiger partial charge in [-0.15, -0.1) is 10.2 Å². The largest absolute Gasteiger partial charge is 0.343 e. The van der Waals surface area contributed by atoms with E-state index in [4.69, 9.17) is 11.6 Å². The Labute approximate surface area is 168 Å². The van der Waals surface area contributed by atoms with Crippen molar-refractivity contribution in [1.29, 1.82) is 0 Å². The van der Waals surface area contributed by atoms with Crippen molar-refractivity contribution in [2.24, 2.45) is 0 Å². The Kier molecular flexibility index (Phi) is 4.79. The normalized spacial score (nSPS) is 10.9. The molecule has 2 heterocycles. The molecule has 0 saturated heterocycles. The molecule has 0 unspecified atom stereocenters. The van der Waals surface area contributed by atoms with Gasteiger partial charge in [0.15, 0.2) is 0 Å². The SMILES string of the molecule is Cc1cc(N(C)c2ccc(-c3ccccc3-c3nn[nH]n3)cc2)c(Cl)c(C)n1. The smallest absolute Gasteiger partial charge is 0.205 e. The maximum Gasteiger partial charge on any atom is 0.205 e. The third kappa shape index (κ3) is 3.34. The second kappa shape index (κ2) is 7.40. The summed E-state index contributed by atoms with van der Waals surface area (Å²) in [6.07, 6.45) is 0. The molecule has 7 heteroatoms. The van der Waals surface area contributed by atoms with E-state index < -0.39 is 0 Å². The highest BCUT2D eigenvalue weighted by molar-refractivity contribution is 6.34. The van der Waals surface area contributed by atoms with E-state index >= 15 is 0 Å². The molecular formula is C21H19ClN6. The molecule has 6 nitrogen and oxygen atoms in total. The molecule has 0 bridgehead atoms. The van der Waals surface area contributed by atoms with Crippen LogP contribution in [-0.4, -0.2) is 32.7 Å². The van der Waals surface area contributed by atoms with E-state index in [9.17, 15) is 0 Å². The second-order valence-corrected chi connectivity index (χ2v) is 6.95. The predicted octanol–water partition coefficient (Wildman–Crippen LogP) is 4.97. The molecule has 0 aliphatic heterocycles. The van der Waals surface area contributed by atoms with Crippen molar-refractivity contribution in [3.8, 4) is 22.5 Å². The summed E-state index contributed by atoms with van der Waals surface area (Å²) < 4.78 is 0. The van der Waals surface area contributed by atoms with Crippen molar-refractivity contribution in [2.45, 2.75) is 13.8 Å². The van der Waals surface area contributed by atoms with Gasteiger partial charge in [-0.1, -0.05) is 48.0 Å². The molecule has 140 valence electrons. The summed E-state index contributed by atoms with van der Waals surface area (Å²) in [5.74, 6) is 0.575. The molecule has 0 amide bonds. The van der Waals surface area contributed by atoms with Crippen LogP contribution < -0.4 is 4.90 Å². The summed E-state index contributed by atoms with van der Waals surface area (Å²) in [6, 6.07) is 18.3. The zero-order chi connectivity index (χ0) is 19.7. The Morgan fingerprint density at radius 3 is 2.36 bits per heavy atom. The summed E-state index contributed by atoms with van der Waals surface area (Å²) in [5.41, 5.74) is 6.79. The van der Waals surface area contributed by atoms with E-state index in [1.807, 2.05) is 45.2 Å². The van der Waals surface area contributed by atoms with E-state index in [0.29, 0.717) is 10.8 Å². The number of rotatable bonds is 4. The number of anilines is 2. The van der Waals surface area contributed by atoms with Crippen LogP contribution in [0, 0.1) is 13.8 Å². The molecule has 0 saturated carbocycles. The average molecular weight is 391 g/mol. The van der Waals surface area contributed by atoms with E-state index in [2.05, 4.69) is 60.8 Å². The number of hydrogen-bond donors (Lipinski definition) is 1. The predicted molar refractivity (Wildman–Crippen MR) is 112 cm³/mol. The third-order valence-corrected chi connectivity index (χ3v) is 5.14. The molecule has 0 aliphatic carbocycles. The van der Waals surface area contributed by atoms with Crippen LogP contribution in [0.25, 0.3) is 22.5 Å². The van der Waals surface area contributed by atoms with Crippen LogP contribution in [0.3, 0.4) is 0 Å². The number of nitrogens with zero attached hydrogens (tertiary/aromatic N) is 5. The van der Waals surface area contributed by atoms with Crippen LogP contribution in [0.1, 0.15) is 11.4 Å². The monoisotopic (exact) mass is 390 g/mol. The number of nitrogens with one attached hydrogen (secondary N) is 1. The number of halogens is 1. The number of hydrogen-bond acceptors (Lipinski definition) is 5. The molecule has 4 aromatic rings. The van der Waals surface area contributed by atoms with E-state index in [1.54, 1.807) is 0 Å². The van der Waals surface area contributed by atoms with Crippen LogP contribution in [0.2, 0.25) is 5.02 Å². The second-order valence-electron chi connectivity index (χ2n) is 6.57. The average Bonchev–Trinajstić information content (AvgIpc) is 3.25. The lowest BCUT2D eigenvalue weighted by Gasteiger charge is -2.22. The van der Waals surface area contributed by atoms with Crippen molar-refractivity contribution in [3.05, 3.63) is 71.0 Å². The quantitative estimate of drug-likeness (QED) is 0.532. The zero-order valence-corrected chi connectivity index (χ0v) is 16.6. The maximum absolute atomic E-state index is 6.49. The van der Waals surface area contributed by atoms with Gasteiger partial charge in [-0.3, -0.25) is 4.98 Å². The van der Waals surface area contributed by atoms with Gasteiger partial charge in [-0.25, -0.2) is 0 Å². The Balaban J connectivity index is 1.70. The summed E-state index contributed by atoms with van der Waals surface area (Å²) in [7, 11) is 2.00. The molecule has 0 fully saturated rings. The molecular weight excluding hydrogens is 372 g/mol. The highest BCUT2D eigenvalue weighted by Crippen LogP contribution is 2.35.